The van der Waals surface area contributed by atoms with Gasteiger partial charge in [-0.3, -0.25) is 15.1 Å². The topological polar surface area (TPSA) is 84.8 Å². The van der Waals surface area contributed by atoms with Crippen molar-refractivity contribution in [2.45, 2.75) is 26.3 Å². The number of pyridine rings is 1. The number of benzene rings is 2. The molecule has 2 aromatic carbocycles. The molecule has 3 rings (SSSR count). The van der Waals surface area contributed by atoms with Crippen molar-refractivity contribution in [3.05, 3.63) is 83.7 Å². The molecule has 0 fully saturated rings. The first-order valence-electron chi connectivity index (χ1n) is 10.3. The molecule has 32 heavy (non-hydrogen) atoms. The number of amides is 1. The predicted molar refractivity (Wildman–Crippen MR) is 127 cm³/mol. The van der Waals surface area contributed by atoms with Gasteiger partial charge in [-0.15, -0.1) is 0 Å². The van der Waals surface area contributed by atoms with Gasteiger partial charge >= 0.3 is 0 Å². The van der Waals surface area contributed by atoms with E-state index in [1.165, 1.54) is 5.56 Å². The van der Waals surface area contributed by atoms with Crippen LogP contribution in [-0.2, 0) is 6.54 Å². The van der Waals surface area contributed by atoms with Gasteiger partial charge in [-0.05, 0) is 47.4 Å². The number of aliphatic imine (C=N–C) groups is 1. The number of nitrogens with zero attached hydrogens (tertiary/aromatic N) is 2. The second kappa shape index (κ2) is 10.9. The predicted octanol–water partition coefficient (Wildman–Crippen LogP) is 4.62. The first kappa shape index (κ1) is 22.8. The van der Waals surface area contributed by atoms with Gasteiger partial charge in [0.15, 0.2) is 0 Å². The Morgan fingerprint density at radius 3 is 2.41 bits per heavy atom. The molecule has 1 heterocycles. The zero-order chi connectivity index (χ0) is 22.9. The standard InChI is InChI=1S/C25H28N4O3/c1-17(2)19-8-5-9-21(11-19)28-25(27-16-18-7-6-10-26-15-18)29-24(30)20-12-22(31-3)14-23(13-20)32-4/h5-15,17H,16H2,1-4H3,(H2,27,28,29,30). The van der Waals surface area contributed by atoms with Crippen LogP contribution in [-0.4, -0.2) is 31.1 Å². The summed E-state index contributed by atoms with van der Waals surface area (Å²) in [5.74, 6) is 1.44. The fraction of sp³-hybridized carbons (Fsp3) is 0.240. The number of rotatable bonds is 7. The summed E-state index contributed by atoms with van der Waals surface area (Å²) in [6.07, 6.45) is 3.46. The largest absolute Gasteiger partial charge is 0.497 e. The molecule has 0 aliphatic carbocycles. The van der Waals surface area contributed by atoms with Crippen molar-refractivity contribution in [2.75, 3.05) is 19.5 Å². The smallest absolute Gasteiger partial charge is 0.258 e. The van der Waals surface area contributed by atoms with Gasteiger partial charge in [0, 0.05) is 29.7 Å². The van der Waals surface area contributed by atoms with E-state index < -0.39 is 0 Å². The third-order valence-corrected chi connectivity index (χ3v) is 4.80. The molecule has 7 nitrogen and oxygen atoms in total. The van der Waals surface area contributed by atoms with E-state index in [0.717, 1.165) is 11.3 Å². The first-order chi connectivity index (χ1) is 15.5. The molecule has 7 heteroatoms. The van der Waals surface area contributed by atoms with Gasteiger partial charge in [0.2, 0.25) is 5.96 Å². The Morgan fingerprint density at radius 2 is 1.78 bits per heavy atom. The van der Waals surface area contributed by atoms with Crippen LogP contribution in [0, 0.1) is 0 Å². The van der Waals surface area contributed by atoms with Crippen LogP contribution in [0.5, 0.6) is 11.5 Å². The molecule has 0 saturated carbocycles. The van der Waals surface area contributed by atoms with Crippen LogP contribution in [0.1, 0.15) is 41.3 Å². The number of ether oxygens (including phenoxy) is 2. The fourth-order valence-electron chi connectivity index (χ4n) is 3.00. The van der Waals surface area contributed by atoms with Crippen molar-refractivity contribution >= 4 is 17.6 Å². The molecule has 0 aliphatic rings. The van der Waals surface area contributed by atoms with Crippen molar-refractivity contribution < 1.29 is 14.3 Å². The highest BCUT2D eigenvalue weighted by atomic mass is 16.5. The number of anilines is 1. The Bertz CT molecular complexity index is 1060. The molecule has 0 radical (unpaired) electrons. The van der Waals surface area contributed by atoms with Gasteiger partial charge < -0.3 is 14.8 Å². The van der Waals surface area contributed by atoms with Crippen molar-refractivity contribution in [1.82, 2.24) is 10.3 Å². The number of hydrogen-bond donors (Lipinski definition) is 2. The van der Waals surface area contributed by atoms with Crippen LogP contribution in [0.3, 0.4) is 0 Å². The Labute approximate surface area is 188 Å². The molecule has 1 aromatic heterocycles. The Kier molecular flexibility index (Phi) is 7.80. The van der Waals surface area contributed by atoms with E-state index in [-0.39, 0.29) is 5.91 Å². The molecule has 0 unspecified atom stereocenters. The van der Waals surface area contributed by atoms with E-state index in [1.54, 1.807) is 44.8 Å². The summed E-state index contributed by atoms with van der Waals surface area (Å²) in [7, 11) is 3.08. The van der Waals surface area contributed by atoms with Crippen LogP contribution in [0.2, 0.25) is 0 Å². The summed E-state index contributed by atoms with van der Waals surface area (Å²) in [5, 5.41) is 6.11. The highest BCUT2D eigenvalue weighted by Crippen LogP contribution is 2.23. The second-order valence-corrected chi connectivity index (χ2v) is 7.49. The summed E-state index contributed by atoms with van der Waals surface area (Å²) >= 11 is 0. The summed E-state index contributed by atoms with van der Waals surface area (Å²) in [6, 6.07) is 16.8. The lowest BCUT2D eigenvalue weighted by atomic mass is 10.0. The van der Waals surface area contributed by atoms with Gasteiger partial charge in [0.1, 0.15) is 11.5 Å². The molecule has 2 N–H and O–H groups in total. The second-order valence-electron chi connectivity index (χ2n) is 7.49. The van der Waals surface area contributed by atoms with Crippen LogP contribution in [0.4, 0.5) is 5.69 Å². The SMILES string of the molecule is COc1cc(OC)cc(C(=O)NC(=NCc2cccnc2)Nc2cccc(C(C)C)c2)c1. The van der Waals surface area contributed by atoms with Gasteiger partial charge in [-0.25, -0.2) is 4.99 Å². The average molecular weight is 433 g/mol. The zero-order valence-electron chi connectivity index (χ0n) is 18.8. The molecule has 0 bridgehead atoms. The molecule has 0 atom stereocenters. The lowest BCUT2D eigenvalue weighted by Gasteiger charge is -2.14. The maximum absolute atomic E-state index is 13.0. The number of carbonyl (C=O) groups is 1. The van der Waals surface area contributed by atoms with Gasteiger partial charge in [-0.2, -0.15) is 0 Å². The van der Waals surface area contributed by atoms with E-state index in [4.69, 9.17) is 9.47 Å². The van der Waals surface area contributed by atoms with Crippen molar-refractivity contribution in [3.8, 4) is 11.5 Å². The quantitative estimate of drug-likeness (QED) is 0.420. The summed E-state index contributed by atoms with van der Waals surface area (Å²) in [6.45, 7) is 4.63. The Balaban J connectivity index is 1.86. The van der Waals surface area contributed by atoms with E-state index in [9.17, 15) is 4.79 Å². The molecule has 0 spiro atoms. The Morgan fingerprint density at radius 1 is 1.03 bits per heavy atom. The minimum atomic E-state index is -0.334. The molecular weight excluding hydrogens is 404 g/mol. The lowest BCUT2D eigenvalue weighted by molar-refractivity contribution is 0.0976. The minimum Gasteiger partial charge on any atom is -0.497 e. The normalized spacial score (nSPS) is 11.2. The monoisotopic (exact) mass is 432 g/mol. The third kappa shape index (κ3) is 6.31. The van der Waals surface area contributed by atoms with Crippen molar-refractivity contribution in [3.63, 3.8) is 0 Å². The number of guanidine groups is 1. The summed E-state index contributed by atoms with van der Waals surface area (Å²) in [5.41, 5.74) is 3.35. The van der Waals surface area contributed by atoms with Crippen molar-refractivity contribution in [1.29, 1.82) is 0 Å². The highest BCUT2D eigenvalue weighted by molar-refractivity contribution is 6.10. The molecule has 3 aromatic rings. The van der Waals surface area contributed by atoms with Crippen molar-refractivity contribution in [2.24, 2.45) is 4.99 Å². The maximum atomic E-state index is 13.0. The fourth-order valence-corrected chi connectivity index (χ4v) is 3.00. The van der Waals surface area contributed by atoms with Crippen LogP contribution < -0.4 is 20.1 Å². The van der Waals surface area contributed by atoms with Gasteiger partial charge in [0.05, 0.1) is 20.8 Å². The number of aromatic nitrogens is 1. The number of carbonyl (C=O) groups excluding carboxylic acids is 1. The maximum Gasteiger partial charge on any atom is 0.258 e. The molecule has 166 valence electrons. The summed E-state index contributed by atoms with van der Waals surface area (Å²) < 4.78 is 10.6. The third-order valence-electron chi connectivity index (χ3n) is 4.80. The number of hydrogen-bond acceptors (Lipinski definition) is 5. The zero-order valence-corrected chi connectivity index (χ0v) is 18.8. The molecule has 0 saturated heterocycles. The number of methoxy groups -OCH3 is 2. The van der Waals surface area contributed by atoms with Crippen LogP contribution in [0.25, 0.3) is 0 Å². The van der Waals surface area contributed by atoms with Crippen LogP contribution in [0.15, 0.2) is 72.0 Å². The van der Waals surface area contributed by atoms with Crippen LogP contribution >= 0.6 is 0 Å². The minimum absolute atomic E-state index is 0.334. The molecule has 0 aliphatic heterocycles. The average Bonchev–Trinajstić information content (AvgIpc) is 2.82. The number of nitrogens with one attached hydrogen (secondary N) is 2. The molecule has 1 amide bonds. The van der Waals surface area contributed by atoms with E-state index in [2.05, 4.69) is 40.5 Å². The van der Waals surface area contributed by atoms with Gasteiger partial charge in [-0.1, -0.05) is 32.0 Å². The highest BCUT2D eigenvalue weighted by Gasteiger charge is 2.13. The van der Waals surface area contributed by atoms with E-state index >= 15 is 0 Å². The molecular formula is C25H28N4O3. The van der Waals surface area contributed by atoms with E-state index in [0.29, 0.717) is 35.5 Å². The lowest BCUT2D eigenvalue weighted by Crippen LogP contribution is -2.36. The Hall–Kier alpha value is -3.87. The van der Waals surface area contributed by atoms with Gasteiger partial charge in [0.25, 0.3) is 5.91 Å². The first-order valence-corrected chi connectivity index (χ1v) is 10.3. The summed E-state index contributed by atoms with van der Waals surface area (Å²) in [4.78, 5) is 21.7. The van der Waals surface area contributed by atoms with E-state index in [1.807, 2.05) is 30.3 Å².